The summed E-state index contributed by atoms with van der Waals surface area (Å²) >= 11 is 0. The number of rotatable bonds is 4. The molecule has 0 aliphatic heterocycles. The summed E-state index contributed by atoms with van der Waals surface area (Å²) < 4.78 is 31.6. The zero-order valence-electron chi connectivity index (χ0n) is 10.2. The van der Waals surface area contributed by atoms with E-state index in [1.807, 2.05) is 0 Å². The molecule has 0 radical (unpaired) electrons. The Morgan fingerprint density at radius 3 is 2.48 bits per heavy atom. The number of ether oxygens (including phenoxy) is 1. The number of benzene rings is 2. The van der Waals surface area contributed by atoms with Gasteiger partial charge in [-0.1, -0.05) is 0 Å². The molecule has 21 heavy (non-hydrogen) atoms. The minimum absolute atomic E-state index is 0.189. The molecule has 2 rings (SSSR count). The molecular formula is C13H7F2NO5. The van der Waals surface area contributed by atoms with Crippen LogP contribution in [0.2, 0.25) is 0 Å². The minimum atomic E-state index is -1.46. The Bertz CT molecular complexity index is 732. The van der Waals surface area contributed by atoms with Crippen molar-refractivity contribution in [2.24, 2.45) is 0 Å². The highest BCUT2D eigenvalue weighted by Gasteiger charge is 2.18. The van der Waals surface area contributed by atoms with E-state index in [2.05, 4.69) is 0 Å². The molecule has 0 unspecified atom stereocenters. The molecule has 1 N–H and O–H groups in total. The molecule has 0 spiro atoms. The van der Waals surface area contributed by atoms with Gasteiger partial charge in [0.2, 0.25) is 5.75 Å². The lowest BCUT2D eigenvalue weighted by atomic mass is 10.2. The van der Waals surface area contributed by atoms with Crippen molar-refractivity contribution in [1.82, 2.24) is 0 Å². The van der Waals surface area contributed by atoms with Crippen molar-refractivity contribution < 1.29 is 28.3 Å². The second kappa shape index (κ2) is 5.53. The number of nitrogens with zero attached hydrogens (tertiary/aromatic N) is 1. The lowest BCUT2D eigenvalue weighted by Gasteiger charge is -2.07. The van der Waals surface area contributed by atoms with Crippen molar-refractivity contribution >= 4 is 11.7 Å². The standard InChI is InChI=1S/C13H7F2NO5/c14-7-1-4-11(16(19)20)12(5-7)21-8-2-3-9(13(17)18)10(15)6-8/h1-6H,(H,17,18). The van der Waals surface area contributed by atoms with E-state index < -0.39 is 39.5 Å². The molecule has 8 heteroatoms. The van der Waals surface area contributed by atoms with Crippen molar-refractivity contribution in [3.63, 3.8) is 0 Å². The average molecular weight is 295 g/mol. The summed E-state index contributed by atoms with van der Waals surface area (Å²) in [6.45, 7) is 0. The number of carboxylic acids is 1. The summed E-state index contributed by atoms with van der Waals surface area (Å²) in [7, 11) is 0. The number of hydrogen-bond donors (Lipinski definition) is 1. The van der Waals surface area contributed by atoms with Crippen LogP contribution in [0.15, 0.2) is 36.4 Å². The van der Waals surface area contributed by atoms with Crippen molar-refractivity contribution in [3.8, 4) is 11.5 Å². The van der Waals surface area contributed by atoms with E-state index in [0.29, 0.717) is 0 Å². The normalized spacial score (nSPS) is 10.2. The van der Waals surface area contributed by atoms with Crippen LogP contribution in [0.25, 0.3) is 0 Å². The van der Waals surface area contributed by atoms with Crippen molar-refractivity contribution in [1.29, 1.82) is 0 Å². The predicted octanol–water partition coefficient (Wildman–Crippen LogP) is 3.36. The molecule has 6 nitrogen and oxygen atoms in total. The van der Waals surface area contributed by atoms with Gasteiger partial charge in [-0.25, -0.2) is 13.6 Å². The molecule has 0 aliphatic rings. The van der Waals surface area contributed by atoms with Crippen LogP contribution in [0.3, 0.4) is 0 Å². The average Bonchev–Trinajstić information content (AvgIpc) is 2.37. The van der Waals surface area contributed by atoms with Gasteiger partial charge in [-0.05, 0) is 18.2 Å². The van der Waals surface area contributed by atoms with E-state index in [0.717, 1.165) is 36.4 Å². The molecule has 2 aromatic carbocycles. The van der Waals surface area contributed by atoms with Crippen LogP contribution >= 0.6 is 0 Å². The highest BCUT2D eigenvalue weighted by atomic mass is 19.1. The fraction of sp³-hybridized carbons (Fsp3) is 0. The van der Waals surface area contributed by atoms with Gasteiger partial charge in [0.15, 0.2) is 0 Å². The van der Waals surface area contributed by atoms with Gasteiger partial charge >= 0.3 is 11.7 Å². The Morgan fingerprint density at radius 1 is 1.19 bits per heavy atom. The molecule has 0 atom stereocenters. The maximum Gasteiger partial charge on any atom is 0.338 e. The van der Waals surface area contributed by atoms with Crippen LogP contribution in [-0.4, -0.2) is 16.0 Å². The number of halogens is 2. The molecule has 0 saturated heterocycles. The highest BCUT2D eigenvalue weighted by Crippen LogP contribution is 2.32. The fourth-order valence-electron chi connectivity index (χ4n) is 1.58. The van der Waals surface area contributed by atoms with Gasteiger partial charge in [-0.3, -0.25) is 10.1 Å². The van der Waals surface area contributed by atoms with Gasteiger partial charge in [0.1, 0.15) is 17.4 Å². The molecule has 2 aromatic rings. The maximum atomic E-state index is 13.5. The zero-order valence-corrected chi connectivity index (χ0v) is 10.2. The predicted molar refractivity (Wildman–Crippen MR) is 66.5 cm³/mol. The number of nitro benzene ring substituents is 1. The molecule has 0 bridgehead atoms. The first-order valence-corrected chi connectivity index (χ1v) is 5.53. The van der Waals surface area contributed by atoms with E-state index in [-0.39, 0.29) is 5.75 Å². The summed E-state index contributed by atoms with van der Waals surface area (Å²) in [6, 6.07) is 5.38. The number of aromatic carboxylic acids is 1. The van der Waals surface area contributed by atoms with Crippen LogP contribution in [0.4, 0.5) is 14.5 Å². The second-order valence-electron chi connectivity index (χ2n) is 3.92. The molecule has 0 aliphatic carbocycles. The van der Waals surface area contributed by atoms with Crippen LogP contribution in [0.5, 0.6) is 11.5 Å². The molecule has 0 fully saturated rings. The summed E-state index contributed by atoms with van der Waals surface area (Å²) in [5.74, 6) is -3.90. The fourth-order valence-corrected chi connectivity index (χ4v) is 1.58. The van der Waals surface area contributed by atoms with Crippen LogP contribution in [0, 0.1) is 21.7 Å². The van der Waals surface area contributed by atoms with Gasteiger partial charge in [-0.15, -0.1) is 0 Å². The van der Waals surface area contributed by atoms with Crippen molar-refractivity contribution in [2.45, 2.75) is 0 Å². The third-order valence-corrected chi connectivity index (χ3v) is 2.52. The van der Waals surface area contributed by atoms with Gasteiger partial charge in [-0.2, -0.15) is 0 Å². The summed E-state index contributed by atoms with van der Waals surface area (Å²) in [6.07, 6.45) is 0. The van der Waals surface area contributed by atoms with Crippen LogP contribution < -0.4 is 4.74 Å². The molecule has 108 valence electrons. The Labute approximate surface area is 116 Å². The Hall–Kier alpha value is -3.03. The van der Waals surface area contributed by atoms with Gasteiger partial charge in [0.25, 0.3) is 0 Å². The third-order valence-electron chi connectivity index (χ3n) is 2.52. The van der Waals surface area contributed by atoms with E-state index in [9.17, 15) is 23.7 Å². The van der Waals surface area contributed by atoms with E-state index in [4.69, 9.17) is 9.84 Å². The van der Waals surface area contributed by atoms with Crippen molar-refractivity contribution in [3.05, 3.63) is 63.7 Å². The first-order chi connectivity index (χ1) is 9.88. The summed E-state index contributed by atoms with van der Waals surface area (Å²) in [5.41, 5.74) is -1.07. The number of carboxylic acid groups (broad SMARTS) is 1. The number of nitro groups is 1. The summed E-state index contributed by atoms with van der Waals surface area (Å²) in [4.78, 5) is 20.7. The molecule has 0 saturated carbocycles. The van der Waals surface area contributed by atoms with E-state index >= 15 is 0 Å². The topological polar surface area (TPSA) is 89.7 Å². The lowest BCUT2D eigenvalue weighted by molar-refractivity contribution is -0.385. The molecule has 0 heterocycles. The largest absolute Gasteiger partial charge is 0.478 e. The summed E-state index contributed by atoms with van der Waals surface area (Å²) in [5, 5.41) is 19.5. The number of hydrogen-bond acceptors (Lipinski definition) is 4. The van der Waals surface area contributed by atoms with Crippen LogP contribution in [-0.2, 0) is 0 Å². The molecule has 0 amide bonds. The van der Waals surface area contributed by atoms with Gasteiger partial charge < -0.3 is 9.84 Å². The smallest absolute Gasteiger partial charge is 0.338 e. The quantitative estimate of drug-likeness (QED) is 0.690. The first-order valence-electron chi connectivity index (χ1n) is 5.53. The van der Waals surface area contributed by atoms with Gasteiger partial charge in [0, 0.05) is 18.2 Å². The zero-order chi connectivity index (χ0) is 15.6. The van der Waals surface area contributed by atoms with E-state index in [1.54, 1.807) is 0 Å². The Kier molecular flexibility index (Phi) is 3.79. The van der Waals surface area contributed by atoms with Crippen LogP contribution in [0.1, 0.15) is 10.4 Å². The van der Waals surface area contributed by atoms with Crippen molar-refractivity contribution in [2.75, 3.05) is 0 Å². The first kappa shape index (κ1) is 14.4. The Balaban J connectivity index is 2.38. The number of carbonyl (C=O) groups is 1. The third kappa shape index (κ3) is 3.11. The SMILES string of the molecule is O=C(O)c1ccc(Oc2cc(F)ccc2[N+](=O)[O-])cc1F. The molecular weight excluding hydrogens is 288 g/mol. The highest BCUT2D eigenvalue weighted by molar-refractivity contribution is 5.88. The molecule has 0 aromatic heterocycles. The second-order valence-corrected chi connectivity index (χ2v) is 3.92. The van der Waals surface area contributed by atoms with Gasteiger partial charge in [0.05, 0.1) is 10.5 Å². The maximum absolute atomic E-state index is 13.5. The van der Waals surface area contributed by atoms with E-state index in [1.165, 1.54) is 0 Å². The Morgan fingerprint density at radius 2 is 1.90 bits per heavy atom. The monoisotopic (exact) mass is 295 g/mol. The minimum Gasteiger partial charge on any atom is -0.478 e. The lowest BCUT2D eigenvalue weighted by Crippen LogP contribution is -2.00.